The topological polar surface area (TPSA) is 159 Å². The zero-order chi connectivity index (χ0) is 40.2. The molecule has 0 saturated heterocycles. The number of allylic oxidation sites excluding steroid dienone is 6. The summed E-state index contributed by atoms with van der Waals surface area (Å²) in [6.07, 6.45) is 6.27. The van der Waals surface area contributed by atoms with Crippen molar-refractivity contribution in [1.29, 1.82) is 0 Å². The summed E-state index contributed by atoms with van der Waals surface area (Å²) in [6.45, 7) is 11.9. The van der Waals surface area contributed by atoms with Gasteiger partial charge in [-0.05, 0) is 96.7 Å². The molecule has 2 aliphatic heterocycles. The molecule has 2 aliphatic rings. The van der Waals surface area contributed by atoms with Crippen LogP contribution in [0.15, 0.2) is 81.8 Å². The van der Waals surface area contributed by atoms with Gasteiger partial charge >= 0.3 is 0 Å². The van der Waals surface area contributed by atoms with Crippen molar-refractivity contribution in [3.05, 3.63) is 116 Å². The number of fused-ring (bicyclic) bond motifs is 6. The van der Waals surface area contributed by atoms with Crippen molar-refractivity contribution < 1.29 is 49.0 Å². The number of phenolic OH excluding ortho intramolecular Hbond substituents is 5. The van der Waals surface area contributed by atoms with Crippen LogP contribution in [0.25, 0.3) is 22.3 Å². The second kappa shape index (κ2) is 14.7. The highest BCUT2D eigenvalue weighted by Crippen LogP contribution is 2.56. The van der Waals surface area contributed by atoms with Crippen LogP contribution in [-0.4, -0.2) is 45.0 Å². The van der Waals surface area contributed by atoms with E-state index >= 15 is 4.79 Å². The van der Waals surface area contributed by atoms with Crippen molar-refractivity contribution in [3.8, 4) is 57.3 Å². The van der Waals surface area contributed by atoms with E-state index < -0.39 is 23.4 Å². The molecule has 4 aromatic carbocycles. The lowest BCUT2D eigenvalue weighted by Crippen LogP contribution is -2.23. The summed E-state index contributed by atoms with van der Waals surface area (Å²) in [5.41, 5.74) is 6.11. The van der Waals surface area contributed by atoms with E-state index in [4.69, 9.17) is 18.6 Å². The van der Waals surface area contributed by atoms with Crippen molar-refractivity contribution in [2.24, 2.45) is 0 Å². The van der Waals surface area contributed by atoms with Crippen LogP contribution in [0, 0.1) is 0 Å². The van der Waals surface area contributed by atoms with E-state index in [-0.39, 0.29) is 81.6 Å². The normalized spacial score (nSPS) is 15.2. The highest BCUT2D eigenvalue weighted by molar-refractivity contribution is 6.21. The number of carbonyl (C=O) groups is 1. The molecular formula is C46H46O10. The molecule has 7 rings (SSSR count). The number of aromatic hydroxyl groups is 5. The predicted octanol–water partition coefficient (Wildman–Crippen LogP) is 10.0. The SMILES string of the molecule is COc1ccc(-c2oc3c(CC=C(C)C)c(O)c(O)cc3c2C(=O)c2cc3c(c(CC=C(C)C)c2O)OC2c4cc(CC=C(C)C)c(O)cc4OCC32)c(O)c1. The molecule has 0 bridgehead atoms. The fourth-order valence-corrected chi connectivity index (χ4v) is 7.43. The summed E-state index contributed by atoms with van der Waals surface area (Å²) in [4.78, 5) is 15.2. The van der Waals surface area contributed by atoms with Crippen molar-refractivity contribution in [1.82, 2.24) is 0 Å². The Labute approximate surface area is 325 Å². The van der Waals surface area contributed by atoms with Gasteiger partial charge in [0.25, 0.3) is 0 Å². The van der Waals surface area contributed by atoms with Crippen LogP contribution in [0.3, 0.4) is 0 Å². The van der Waals surface area contributed by atoms with Gasteiger partial charge in [0.05, 0.1) is 36.3 Å². The molecule has 0 fully saturated rings. The first-order valence-corrected chi connectivity index (χ1v) is 18.5. The van der Waals surface area contributed by atoms with E-state index in [0.29, 0.717) is 34.8 Å². The van der Waals surface area contributed by atoms with Crippen LogP contribution in [0.4, 0.5) is 0 Å². The number of hydrogen-bond acceptors (Lipinski definition) is 10. The average molecular weight is 759 g/mol. The first kappa shape index (κ1) is 38.0. The molecular weight excluding hydrogens is 712 g/mol. The van der Waals surface area contributed by atoms with Gasteiger partial charge in [-0.3, -0.25) is 4.79 Å². The monoisotopic (exact) mass is 758 g/mol. The zero-order valence-electron chi connectivity index (χ0n) is 32.5. The largest absolute Gasteiger partial charge is 0.508 e. The number of rotatable bonds is 10. The smallest absolute Gasteiger partial charge is 0.201 e. The summed E-state index contributed by atoms with van der Waals surface area (Å²) in [5, 5.41) is 56.4. The second-order valence-electron chi connectivity index (χ2n) is 15.2. The molecule has 10 nitrogen and oxygen atoms in total. The third-order valence-electron chi connectivity index (χ3n) is 10.4. The maximum atomic E-state index is 15.2. The Morgan fingerprint density at radius 1 is 0.768 bits per heavy atom. The molecule has 0 saturated carbocycles. The molecule has 10 heteroatoms. The first-order valence-electron chi connectivity index (χ1n) is 18.5. The van der Waals surface area contributed by atoms with E-state index in [1.165, 1.54) is 19.2 Å². The van der Waals surface area contributed by atoms with Crippen molar-refractivity contribution >= 4 is 16.8 Å². The lowest BCUT2D eigenvalue weighted by atomic mass is 9.85. The lowest BCUT2D eigenvalue weighted by molar-refractivity contribution is 0.103. The van der Waals surface area contributed by atoms with E-state index in [9.17, 15) is 25.5 Å². The summed E-state index contributed by atoms with van der Waals surface area (Å²) in [5.74, 6) is -0.928. The molecule has 56 heavy (non-hydrogen) atoms. The van der Waals surface area contributed by atoms with Gasteiger partial charge in [-0.15, -0.1) is 0 Å². The number of benzene rings is 4. The Morgan fingerprint density at radius 2 is 1.45 bits per heavy atom. The summed E-state index contributed by atoms with van der Waals surface area (Å²) < 4.78 is 24.7. The fourth-order valence-electron chi connectivity index (χ4n) is 7.43. The van der Waals surface area contributed by atoms with Gasteiger partial charge < -0.3 is 44.2 Å². The molecule has 5 N–H and O–H groups in total. The summed E-state index contributed by atoms with van der Waals surface area (Å²) in [6, 6.07) is 11.0. The molecule has 0 radical (unpaired) electrons. The lowest BCUT2D eigenvalue weighted by Gasteiger charge is -2.28. The van der Waals surface area contributed by atoms with Crippen LogP contribution in [0.5, 0.6) is 46.0 Å². The van der Waals surface area contributed by atoms with Gasteiger partial charge in [-0.25, -0.2) is 0 Å². The van der Waals surface area contributed by atoms with Gasteiger partial charge in [0.2, 0.25) is 5.78 Å². The van der Waals surface area contributed by atoms with Gasteiger partial charge in [0, 0.05) is 39.8 Å². The third kappa shape index (κ3) is 6.69. The maximum absolute atomic E-state index is 15.2. The average Bonchev–Trinajstić information content (AvgIpc) is 3.71. The Kier molecular flexibility index (Phi) is 10.0. The number of phenols is 5. The van der Waals surface area contributed by atoms with Gasteiger partial charge in [0.1, 0.15) is 51.9 Å². The summed E-state index contributed by atoms with van der Waals surface area (Å²) in [7, 11) is 1.47. The summed E-state index contributed by atoms with van der Waals surface area (Å²) >= 11 is 0. The van der Waals surface area contributed by atoms with Crippen LogP contribution >= 0.6 is 0 Å². The predicted molar refractivity (Wildman–Crippen MR) is 214 cm³/mol. The van der Waals surface area contributed by atoms with Gasteiger partial charge in [-0.1, -0.05) is 34.9 Å². The number of ether oxygens (including phenoxy) is 3. The maximum Gasteiger partial charge on any atom is 0.201 e. The van der Waals surface area contributed by atoms with Crippen LogP contribution < -0.4 is 14.2 Å². The van der Waals surface area contributed by atoms with Gasteiger partial charge in [-0.2, -0.15) is 0 Å². The minimum absolute atomic E-state index is 0.0212. The number of hydrogen-bond donors (Lipinski definition) is 5. The molecule has 2 unspecified atom stereocenters. The fraction of sp³-hybridized carbons (Fsp3) is 0.283. The minimum atomic E-state index is -0.638. The van der Waals surface area contributed by atoms with Crippen molar-refractivity contribution in [2.45, 2.75) is 72.8 Å². The Morgan fingerprint density at radius 3 is 2.11 bits per heavy atom. The third-order valence-corrected chi connectivity index (χ3v) is 10.4. The first-order chi connectivity index (χ1) is 26.7. The molecule has 2 atom stereocenters. The molecule has 1 aromatic heterocycles. The highest BCUT2D eigenvalue weighted by atomic mass is 16.5. The quantitative estimate of drug-likeness (QED) is 0.0527. The van der Waals surface area contributed by atoms with E-state index in [0.717, 1.165) is 27.8 Å². The van der Waals surface area contributed by atoms with Crippen LogP contribution in [-0.2, 0) is 19.3 Å². The van der Waals surface area contributed by atoms with E-state index in [1.54, 1.807) is 24.3 Å². The van der Waals surface area contributed by atoms with Gasteiger partial charge in [0.15, 0.2) is 11.5 Å². The Bertz CT molecular complexity index is 2500. The molecule has 5 aromatic rings. The van der Waals surface area contributed by atoms with E-state index in [1.807, 2.05) is 65.8 Å². The standard InChI is InChI=1S/C46H46O10/c1-22(2)8-11-25-16-31-38(20-35(25)47)54-21-34-30-18-33(40(50)28(13-9-23(3)4)43(30)55-45(31)34)42(52)39-32-19-37(49)41(51)29(14-10-24(5)6)44(32)56-46(39)27-15-12-26(53-7)17-36(27)48/h8-10,12,15-20,34,45,47-51H,11,13-14,21H2,1-7H3. The van der Waals surface area contributed by atoms with E-state index in [2.05, 4.69) is 0 Å². The minimum Gasteiger partial charge on any atom is -0.508 e. The van der Waals surface area contributed by atoms with Crippen LogP contribution in [0.2, 0.25) is 0 Å². The Hall–Kier alpha value is -6.29. The number of carbonyl (C=O) groups excluding carboxylic acids is 1. The van der Waals surface area contributed by atoms with Crippen LogP contribution in [0.1, 0.15) is 97.3 Å². The molecule has 0 spiro atoms. The highest BCUT2D eigenvalue weighted by Gasteiger charge is 2.44. The number of ketones is 1. The number of furan rings is 1. The van der Waals surface area contributed by atoms with Crippen molar-refractivity contribution in [2.75, 3.05) is 13.7 Å². The molecule has 0 aliphatic carbocycles. The second-order valence-corrected chi connectivity index (χ2v) is 15.2. The van der Waals surface area contributed by atoms with Crippen molar-refractivity contribution in [3.63, 3.8) is 0 Å². The molecule has 290 valence electrons. The zero-order valence-corrected chi connectivity index (χ0v) is 32.5. The number of methoxy groups -OCH3 is 1. The Balaban J connectivity index is 1.44. The molecule has 3 heterocycles. The molecule has 0 amide bonds.